The Balaban J connectivity index is 1.92. The second kappa shape index (κ2) is 6.18. The number of aromatic carboxylic acids is 1. The van der Waals surface area contributed by atoms with Gasteiger partial charge in [0.2, 0.25) is 0 Å². The summed E-state index contributed by atoms with van der Waals surface area (Å²) in [5.74, 6) is -0.836. The van der Waals surface area contributed by atoms with E-state index in [1.165, 1.54) is 70.0 Å². The molecule has 1 aliphatic carbocycles. The molecule has 0 atom stereocenters. The van der Waals surface area contributed by atoms with Gasteiger partial charge in [0.25, 0.3) is 0 Å². The fourth-order valence-electron chi connectivity index (χ4n) is 4.17. The number of carbonyl (C=O) groups is 1. The van der Waals surface area contributed by atoms with Gasteiger partial charge in [-0.05, 0) is 56.5 Å². The van der Waals surface area contributed by atoms with Crippen molar-refractivity contribution >= 4 is 5.97 Å². The van der Waals surface area contributed by atoms with E-state index in [1.807, 2.05) is 0 Å². The molecule has 0 bridgehead atoms. The third kappa shape index (κ3) is 2.84. The second-order valence-corrected chi connectivity index (χ2v) is 6.52. The van der Waals surface area contributed by atoms with E-state index in [0.717, 1.165) is 0 Å². The number of nitrogens with zero attached hydrogens (tertiary/aromatic N) is 1. The highest BCUT2D eigenvalue weighted by atomic mass is 16.4. The Kier molecular flexibility index (Phi) is 4.29. The quantitative estimate of drug-likeness (QED) is 0.912. The predicted octanol–water partition coefficient (Wildman–Crippen LogP) is 4.03. The maximum Gasteiger partial charge on any atom is 0.335 e. The summed E-state index contributed by atoms with van der Waals surface area (Å²) >= 11 is 0. The molecule has 3 rings (SSSR count). The van der Waals surface area contributed by atoms with E-state index in [1.54, 1.807) is 12.1 Å². The highest BCUT2D eigenvalue weighted by Gasteiger charge is 2.39. The van der Waals surface area contributed by atoms with Crippen LogP contribution < -0.4 is 0 Å². The number of benzene rings is 1. The summed E-state index contributed by atoms with van der Waals surface area (Å²) in [5, 5.41) is 9.09. The number of likely N-dealkylation sites (tertiary alicyclic amines) is 1. The average molecular weight is 287 g/mol. The van der Waals surface area contributed by atoms with Crippen molar-refractivity contribution in [2.24, 2.45) is 0 Å². The van der Waals surface area contributed by atoms with Crippen molar-refractivity contribution in [3.05, 3.63) is 35.4 Å². The Hall–Kier alpha value is -1.35. The molecule has 1 aromatic rings. The minimum absolute atomic E-state index is 0.162. The van der Waals surface area contributed by atoms with E-state index in [2.05, 4.69) is 17.0 Å². The van der Waals surface area contributed by atoms with Crippen LogP contribution in [0.2, 0.25) is 0 Å². The highest BCUT2D eigenvalue weighted by molar-refractivity contribution is 5.87. The van der Waals surface area contributed by atoms with Gasteiger partial charge in [0.15, 0.2) is 0 Å². The largest absolute Gasteiger partial charge is 0.478 e. The van der Waals surface area contributed by atoms with Crippen LogP contribution in [0.5, 0.6) is 0 Å². The number of carboxylic acid groups (broad SMARTS) is 1. The standard InChI is InChI=1S/C18H25NO2/c20-17(21)15-7-9-16(10-8-15)18(11-3-1-4-12-18)19-13-5-2-6-14-19/h7-10H,1-6,11-14H2,(H,20,21). The van der Waals surface area contributed by atoms with E-state index >= 15 is 0 Å². The van der Waals surface area contributed by atoms with Gasteiger partial charge in [-0.3, -0.25) is 4.90 Å². The summed E-state index contributed by atoms with van der Waals surface area (Å²) < 4.78 is 0. The molecule has 1 saturated heterocycles. The Labute approximate surface area is 127 Å². The molecule has 3 heteroatoms. The number of piperidine rings is 1. The monoisotopic (exact) mass is 287 g/mol. The van der Waals surface area contributed by atoms with E-state index in [9.17, 15) is 4.79 Å². The van der Waals surface area contributed by atoms with Crippen LogP contribution in [0, 0.1) is 0 Å². The van der Waals surface area contributed by atoms with Crippen LogP contribution in [0.1, 0.15) is 67.3 Å². The van der Waals surface area contributed by atoms with Crippen LogP contribution >= 0.6 is 0 Å². The molecule has 0 amide bonds. The first-order chi connectivity index (χ1) is 10.2. The molecule has 1 saturated carbocycles. The number of carboxylic acids is 1. The van der Waals surface area contributed by atoms with Gasteiger partial charge in [0.1, 0.15) is 0 Å². The molecule has 114 valence electrons. The third-order valence-corrected chi connectivity index (χ3v) is 5.31. The molecule has 0 radical (unpaired) electrons. The zero-order valence-corrected chi connectivity index (χ0v) is 12.7. The van der Waals surface area contributed by atoms with Crippen LogP contribution in [0.3, 0.4) is 0 Å². The Bertz CT molecular complexity index is 482. The molecule has 1 aliphatic heterocycles. The zero-order chi connectivity index (χ0) is 14.7. The number of hydrogen-bond acceptors (Lipinski definition) is 2. The molecule has 0 aromatic heterocycles. The van der Waals surface area contributed by atoms with Crippen molar-refractivity contribution in [1.82, 2.24) is 4.90 Å². The van der Waals surface area contributed by atoms with Crippen LogP contribution in [-0.4, -0.2) is 29.1 Å². The first-order valence-electron chi connectivity index (χ1n) is 8.31. The minimum atomic E-state index is -0.836. The molecule has 1 heterocycles. The molecular formula is C18H25NO2. The lowest BCUT2D eigenvalue weighted by molar-refractivity contribution is 0.0303. The van der Waals surface area contributed by atoms with Crippen molar-refractivity contribution in [3.63, 3.8) is 0 Å². The van der Waals surface area contributed by atoms with Gasteiger partial charge >= 0.3 is 5.97 Å². The maximum atomic E-state index is 11.1. The lowest BCUT2D eigenvalue weighted by Gasteiger charge is -2.48. The summed E-state index contributed by atoms with van der Waals surface area (Å²) in [6.07, 6.45) is 10.3. The van der Waals surface area contributed by atoms with Gasteiger partial charge in [-0.2, -0.15) is 0 Å². The highest BCUT2D eigenvalue weighted by Crippen LogP contribution is 2.43. The summed E-state index contributed by atoms with van der Waals surface area (Å²) in [6, 6.07) is 7.67. The van der Waals surface area contributed by atoms with Gasteiger partial charge in [-0.1, -0.05) is 37.8 Å². The number of rotatable bonds is 3. The lowest BCUT2D eigenvalue weighted by atomic mass is 9.74. The van der Waals surface area contributed by atoms with Crippen molar-refractivity contribution < 1.29 is 9.90 Å². The Morgan fingerprint density at radius 1 is 0.905 bits per heavy atom. The normalized spacial score (nSPS) is 22.9. The van der Waals surface area contributed by atoms with E-state index in [-0.39, 0.29) is 5.54 Å². The van der Waals surface area contributed by atoms with Gasteiger partial charge in [-0.15, -0.1) is 0 Å². The van der Waals surface area contributed by atoms with Gasteiger partial charge < -0.3 is 5.11 Å². The summed E-state index contributed by atoms with van der Waals surface area (Å²) in [7, 11) is 0. The average Bonchev–Trinajstić information content (AvgIpc) is 2.56. The predicted molar refractivity (Wildman–Crippen MR) is 83.6 cm³/mol. The fraction of sp³-hybridized carbons (Fsp3) is 0.611. The van der Waals surface area contributed by atoms with E-state index in [0.29, 0.717) is 5.56 Å². The first kappa shape index (κ1) is 14.6. The van der Waals surface area contributed by atoms with Crippen molar-refractivity contribution in [2.75, 3.05) is 13.1 Å². The van der Waals surface area contributed by atoms with Crippen molar-refractivity contribution in [3.8, 4) is 0 Å². The number of hydrogen-bond donors (Lipinski definition) is 1. The van der Waals surface area contributed by atoms with E-state index < -0.39 is 5.97 Å². The molecule has 2 aliphatic rings. The summed E-state index contributed by atoms with van der Waals surface area (Å²) in [4.78, 5) is 13.7. The first-order valence-corrected chi connectivity index (χ1v) is 8.31. The molecule has 0 unspecified atom stereocenters. The van der Waals surface area contributed by atoms with Crippen molar-refractivity contribution in [1.29, 1.82) is 0 Å². The second-order valence-electron chi connectivity index (χ2n) is 6.52. The molecule has 1 aromatic carbocycles. The Morgan fingerprint density at radius 3 is 2.05 bits per heavy atom. The fourth-order valence-corrected chi connectivity index (χ4v) is 4.17. The van der Waals surface area contributed by atoms with Gasteiger partial charge in [-0.25, -0.2) is 4.79 Å². The van der Waals surface area contributed by atoms with E-state index in [4.69, 9.17) is 5.11 Å². The molecule has 1 N–H and O–H groups in total. The van der Waals surface area contributed by atoms with Crippen LogP contribution in [-0.2, 0) is 5.54 Å². The van der Waals surface area contributed by atoms with Gasteiger partial charge in [0, 0.05) is 5.54 Å². The molecule has 3 nitrogen and oxygen atoms in total. The minimum Gasteiger partial charge on any atom is -0.478 e. The SMILES string of the molecule is O=C(O)c1ccc(C2(N3CCCCC3)CCCCC2)cc1. The molecular weight excluding hydrogens is 262 g/mol. The summed E-state index contributed by atoms with van der Waals surface area (Å²) in [5.41, 5.74) is 1.88. The molecule has 21 heavy (non-hydrogen) atoms. The van der Waals surface area contributed by atoms with Gasteiger partial charge in [0.05, 0.1) is 5.56 Å². The van der Waals surface area contributed by atoms with Crippen LogP contribution in [0.15, 0.2) is 24.3 Å². The van der Waals surface area contributed by atoms with Crippen LogP contribution in [0.25, 0.3) is 0 Å². The zero-order valence-electron chi connectivity index (χ0n) is 12.7. The lowest BCUT2D eigenvalue weighted by Crippen LogP contribution is -2.49. The van der Waals surface area contributed by atoms with Crippen molar-refractivity contribution in [2.45, 2.75) is 56.9 Å². The smallest absolute Gasteiger partial charge is 0.335 e. The molecule has 2 fully saturated rings. The molecule has 0 spiro atoms. The topological polar surface area (TPSA) is 40.5 Å². The Morgan fingerprint density at radius 2 is 1.48 bits per heavy atom. The van der Waals surface area contributed by atoms with Crippen LogP contribution in [0.4, 0.5) is 0 Å². The maximum absolute atomic E-state index is 11.1. The third-order valence-electron chi connectivity index (χ3n) is 5.31. The summed E-state index contributed by atoms with van der Waals surface area (Å²) in [6.45, 7) is 2.39.